The third-order valence-corrected chi connectivity index (χ3v) is 7.27. The number of nitrogens with one attached hydrogen (secondary N) is 1. The van der Waals surface area contributed by atoms with Gasteiger partial charge < -0.3 is 19.6 Å². The lowest BCUT2D eigenvalue weighted by atomic mass is 10.1. The summed E-state index contributed by atoms with van der Waals surface area (Å²) in [5, 5.41) is 10.7. The van der Waals surface area contributed by atoms with Gasteiger partial charge >= 0.3 is 11.7 Å². The number of allylic oxidation sites excluding steroid dienone is 2. The predicted molar refractivity (Wildman–Crippen MR) is 146 cm³/mol. The summed E-state index contributed by atoms with van der Waals surface area (Å²) in [6.07, 6.45) is 7.04. The van der Waals surface area contributed by atoms with Crippen molar-refractivity contribution in [3.63, 3.8) is 0 Å². The lowest BCUT2D eigenvalue weighted by Crippen LogP contribution is -2.48. The van der Waals surface area contributed by atoms with Gasteiger partial charge in [-0.25, -0.2) is 13.2 Å². The van der Waals surface area contributed by atoms with E-state index in [1.54, 1.807) is 60.5 Å². The molecule has 2 N–H and O–H groups in total. The largest absolute Gasteiger partial charge is 0.473 e. The van der Waals surface area contributed by atoms with Crippen LogP contribution in [0.2, 0.25) is 10.0 Å². The molecule has 0 saturated heterocycles. The van der Waals surface area contributed by atoms with Gasteiger partial charge in [-0.2, -0.15) is 0 Å². The van der Waals surface area contributed by atoms with E-state index in [1.165, 1.54) is 16.7 Å². The molecule has 2 aromatic rings. The molecule has 1 atom stereocenters. The second-order valence-corrected chi connectivity index (χ2v) is 11.0. The van der Waals surface area contributed by atoms with Gasteiger partial charge in [0, 0.05) is 25.6 Å². The Hall–Kier alpha value is -3.54. The van der Waals surface area contributed by atoms with Gasteiger partial charge in [0.25, 0.3) is 11.6 Å². The molecule has 2 aliphatic heterocycles. The molecular weight excluding hydrogens is 555 g/mol. The van der Waals surface area contributed by atoms with E-state index in [0.717, 1.165) is 6.26 Å². The molecule has 200 valence electrons. The fourth-order valence-electron chi connectivity index (χ4n) is 4.48. The number of fused-ring (bicyclic) bond motifs is 2. The predicted octanol–water partition coefficient (Wildman–Crippen LogP) is 3.72. The molecule has 2 heterocycles. The Bertz CT molecular complexity index is 1520. The summed E-state index contributed by atoms with van der Waals surface area (Å²) >= 11 is 12.5. The zero-order valence-electron chi connectivity index (χ0n) is 20.7. The van der Waals surface area contributed by atoms with Crippen molar-refractivity contribution in [3.05, 3.63) is 70.5 Å². The van der Waals surface area contributed by atoms with Crippen molar-refractivity contribution in [1.82, 2.24) is 4.72 Å². The molecule has 13 heteroatoms. The second-order valence-electron chi connectivity index (χ2n) is 8.47. The summed E-state index contributed by atoms with van der Waals surface area (Å²) < 4.78 is 32.6. The summed E-state index contributed by atoms with van der Waals surface area (Å²) in [7, 11) is -3.79. The lowest BCUT2D eigenvalue weighted by molar-refractivity contribution is -0.527. The summed E-state index contributed by atoms with van der Waals surface area (Å²) in [6.45, 7) is 3.69. The standard InChI is InChI=1S/C25H24Cl2N4O6S/c1-4-29-19-13-16(26)17(27)14-20(19)30(15-22(32)28-38(3,35)36)23(29)11-8-12-25(24(33)34)31(5-2)18-9-6-7-10-21(18)37-25/h5-14H,4,15H2,1-3H3,(H-,28,32,33,34)/p+1/b12-8+,23-11+,31-5+. The van der Waals surface area contributed by atoms with E-state index in [4.69, 9.17) is 27.9 Å². The van der Waals surface area contributed by atoms with E-state index >= 15 is 0 Å². The first-order valence-electron chi connectivity index (χ1n) is 11.5. The molecule has 0 aromatic heterocycles. The molecule has 1 unspecified atom stereocenters. The van der Waals surface area contributed by atoms with Crippen molar-refractivity contribution in [2.24, 2.45) is 0 Å². The van der Waals surface area contributed by atoms with Crippen LogP contribution in [0.3, 0.4) is 0 Å². The van der Waals surface area contributed by atoms with Gasteiger partial charge in [0.1, 0.15) is 18.6 Å². The highest BCUT2D eigenvalue weighted by Crippen LogP contribution is 2.46. The van der Waals surface area contributed by atoms with Gasteiger partial charge in [-0.3, -0.25) is 9.52 Å². The number of para-hydroxylation sites is 2. The first kappa shape index (κ1) is 27.5. The van der Waals surface area contributed by atoms with Gasteiger partial charge in [-0.05, 0) is 31.2 Å². The zero-order valence-corrected chi connectivity index (χ0v) is 23.0. The number of anilines is 2. The minimum absolute atomic E-state index is 0.253. The Morgan fingerprint density at radius 2 is 1.79 bits per heavy atom. The number of ether oxygens (including phenoxy) is 1. The van der Waals surface area contributed by atoms with Crippen LogP contribution in [0.5, 0.6) is 5.75 Å². The molecule has 38 heavy (non-hydrogen) atoms. The normalized spacial score (nSPS) is 20.7. The number of carboxylic acid groups (broad SMARTS) is 1. The van der Waals surface area contributed by atoms with E-state index in [-0.39, 0.29) is 11.6 Å². The molecule has 0 bridgehead atoms. The Labute approximate surface area is 230 Å². The number of hydrogen-bond donors (Lipinski definition) is 2. The number of halogens is 2. The molecule has 2 aromatic carbocycles. The number of nitrogens with zero attached hydrogens (tertiary/aromatic N) is 3. The van der Waals surface area contributed by atoms with Crippen LogP contribution in [0.15, 0.2) is 60.4 Å². The number of carboxylic acids is 1. The monoisotopic (exact) mass is 579 g/mol. The van der Waals surface area contributed by atoms with Crippen LogP contribution >= 0.6 is 23.2 Å². The number of benzene rings is 2. The fourth-order valence-corrected chi connectivity index (χ4v) is 5.27. The Balaban J connectivity index is 1.78. The maximum atomic E-state index is 12.6. The maximum Gasteiger partial charge on any atom is 0.432 e. The van der Waals surface area contributed by atoms with Crippen molar-refractivity contribution in [1.29, 1.82) is 0 Å². The summed E-state index contributed by atoms with van der Waals surface area (Å²) in [5.41, 5.74) is -0.0647. The van der Waals surface area contributed by atoms with Crippen molar-refractivity contribution in [2.75, 3.05) is 29.1 Å². The zero-order chi connectivity index (χ0) is 27.8. The molecule has 0 fully saturated rings. The third-order valence-electron chi connectivity index (χ3n) is 5.95. The number of carbonyl (C=O) groups is 2. The second kappa shape index (κ2) is 10.3. The van der Waals surface area contributed by atoms with Crippen LogP contribution in [0, 0.1) is 0 Å². The van der Waals surface area contributed by atoms with Crippen molar-refractivity contribution in [2.45, 2.75) is 19.6 Å². The fraction of sp³-hybridized carbons (Fsp3) is 0.240. The van der Waals surface area contributed by atoms with Gasteiger partial charge in [0.05, 0.1) is 27.7 Å². The minimum atomic E-state index is -3.79. The van der Waals surface area contributed by atoms with Crippen LogP contribution in [-0.4, -0.2) is 61.3 Å². The number of aliphatic carboxylic acids is 1. The first-order valence-corrected chi connectivity index (χ1v) is 14.1. The number of carbonyl (C=O) groups excluding carboxylic acids is 1. The highest BCUT2D eigenvalue weighted by molar-refractivity contribution is 7.89. The van der Waals surface area contributed by atoms with E-state index < -0.39 is 27.6 Å². The lowest BCUT2D eigenvalue weighted by Gasteiger charge is -2.24. The van der Waals surface area contributed by atoms with Crippen molar-refractivity contribution in [3.8, 4) is 5.75 Å². The quantitative estimate of drug-likeness (QED) is 0.476. The molecule has 4 rings (SSSR count). The van der Waals surface area contributed by atoms with Gasteiger partial charge in [0.2, 0.25) is 10.0 Å². The smallest absolute Gasteiger partial charge is 0.432 e. The Morgan fingerprint density at radius 3 is 2.37 bits per heavy atom. The first-order chi connectivity index (χ1) is 17.9. The highest BCUT2D eigenvalue weighted by Gasteiger charge is 2.57. The van der Waals surface area contributed by atoms with Crippen LogP contribution in [-0.2, 0) is 19.6 Å². The van der Waals surface area contributed by atoms with Gasteiger partial charge in [-0.1, -0.05) is 41.4 Å². The highest BCUT2D eigenvalue weighted by atomic mass is 35.5. The van der Waals surface area contributed by atoms with Gasteiger partial charge in [-0.15, -0.1) is 4.58 Å². The van der Waals surface area contributed by atoms with Crippen LogP contribution in [0.1, 0.15) is 13.8 Å². The maximum absolute atomic E-state index is 12.6. The summed E-state index contributed by atoms with van der Waals surface area (Å²) in [5.74, 6) is -1.10. The molecule has 1 amide bonds. The Morgan fingerprint density at radius 1 is 1.16 bits per heavy atom. The SMILES string of the molecule is C/C=[N+]1\c2ccccc2OC1(/C=C/C=C1\N(CC)c2cc(Cl)c(Cl)cc2N1CC(=O)NS(C)(=O)=O)C(=O)O. The average Bonchev–Trinajstić information content (AvgIpc) is 3.30. The number of amides is 1. The van der Waals surface area contributed by atoms with Gasteiger partial charge in [0.15, 0.2) is 5.75 Å². The molecular formula is C25H25Cl2N4O6S+. The van der Waals surface area contributed by atoms with Crippen molar-refractivity contribution >= 4 is 68.4 Å². The van der Waals surface area contributed by atoms with Crippen LogP contribution < -0.4 is 19.3 Å². The van der Waals surface area contributed by atoms with Crippen LogP contribution in [0.4, 0.5) is 17.1 Å². The topological polar surface area (TPSA) is 119 Å². The average molecular weight is 580 g/mol. The molecule has 2 aliphatic rings. The van der Waals surface area contributed by atoms with E-state index in [9.17, 15) is 23.1 Å². The van der Waals surface area contributed by atoms with E-state index in [1.807, 2.05) is 16.5 Å². The minimum Gasteiger partial charge on any atom is -0.473 e. The van der Waals surface area contributed by atoms with E-state index in [2.05, 4.69) is 0 Å². The number of rotatable bonds is 7. The molecule has 0 saturated carbocycles. The molecule has 0 spiro atoms. The van der Waals surface area contributed by atoms with Crippen LogP contribution in [0.25, 0.3) is 0 Å². The number of hydrogen-bond acceptors (Lipinski definition) is 7. The molecule has 10 nitrogen and oxygen atoms in total. The van der Waals surface area contributed by atoms with E-state index in [0.29, 0.717) is 40.2 Å². The number of sulfonamides is 1. The Kier molecular flexibility index (Phi) is 7.46. The molecule has 0 aliphatic carbocycles. The summed E-state index contributed by atoms with van der Waals surface area (Å²) in [4.78, 5) is 28.5. The van der Waals surface area contributed by atoms with Crippen molar-refractivity contribution < 1.29 is 32.4 Å². The third kappa shape index (κ3) is 4.96. The molecule has 0 radical (unpaired) electrons. The summed E-state index contributed by atoms with van der Waals surface area (Å²) in [6, 6.07) is 10.2.